The number of hydrogen-bond donors (Lipinski definition) is 1. The fourth-order valence-corrected chi connectivity index (χ4v) is 2.49. The molecule has 1 N–H and O–H groups in total. The van der Waals surface area contributed by atoms with Gasteiger partial charge in [0.25, 0.3) is 0 Å². The maximum absolute atomic E-state index is 5.88. The van der Waals surface area contributed by atoms with Gasteiger partial charge in [0.05, 0.1) is 6.61 Å². The van der Waals surface area contributed by atoms with E-state index in [1.807, 2.05) is 6.07 Å². The lowest BCUT2D eigenvalue weighted by Gasteiger charge is -2.19. The van der Waals surface area contributed by atoms with Crippen LogP contribution in [0.2, 0.25) is 0 Å². The molecule has 120 valence electrons. The summed E-state index contributed by atoms with van der Waals surface area (Å²) in [7, 11) is 0. The van der Waals surface area contributed by atoms with Crippen LogP contribution in [0.15, 0.2) is 24.3 Å². The van der Waals surface area contributed by atoms with Crippen molar-refractivity contribution in [3.8, 4) is 5.75 Å². The highest BCUT2D eigenvalue weighted by Crippen LogP contribution is 2.14. The molecule has 1 atom stereocenters. The van der Waals surface area contributed by atoms with Gasteiger partial charge in [0.15, 0.2) is 0 Å². The molecular weight excluding hydrogens is 258 g/mol. The summed E-state index contributed by atoms with van der Waals surface area (Å²) >= 11 is 0. The average molecular weight is 291 g/mol. The maximum atomic E-state index is 5.88. The Balaban J connectivity index is 2.30. The van der Waals surface area contributed by atoms with E-state index in [-0.39, 0.29) is 0 Å². The molecule has 0 bridgehead atoms. The first-order valence-electron chi connectivity index (χ1n) is 8.54. The van der Waals surface area contributed by atoms with Crippen molar-refractivity contribution < 1.29 is 4.74 Å². The van der Waals surface area contributed by atoms with Crippen LogP contribution < -0.4 is 10.1 Å². The zero-order valence-corrected chi connectivity index (χ0v) is 14.3. The molecule has 1 unspecified atom stereocenters. The van der Waals surface area contributed by atoms with E-state index in [1.54, 1.807) is 0 Å². The molecule has 0 aromatic heterocycles. The minimum absolute atomic E-state index is 0.591. The Kier molecular flexibility index (Phi) is 9.16. The summed E-state index contributed by atoms with van der Waals surface area (Å²) in [6.45, 7) is 10.8. The van der Waals surface area contributed by atoms with E-state index in [1.165, 1.54) is 31.2 Å². The smallest absolute Gasteiger partial charge is 0.119 e. The van der Waals surface area contributed by atoms with Gasteiger partial charge in [-0.05, 0) is 56.3 Å². The van der Waals surface area contributed by atoms with Crippen LogP contribution in [-0.2, 0) is 0 Å². The third-order valence-corrected chi connectivity index (χ3v) is 3.74. The highest BCUT2D eigenvalue weighted by Gasteiger charge is 2.08. The zero-order valence-electron chi connectivity index (χ0n) is 14.3. The summed E-state index contributed by atoms with van der Waals surface area (Å²) < 4.78 is 5.88. The van der Waals surface area contributed by atoms with E-state index in [0.717, 1.165) is 31.2 Å². The van der Waals surface area contributed by atoms with Crippen LogP contribution in [0.25, 0.3) is 0 Å². The van der Waals surface area contributed by atoms with Crippen LogP contribution in [-0.4, -0.2) is 19.2 Å². The molecule has 0 aliphatic heterocycles. The lowest BCUT2D eigenvalue weighted by Crippen LogP contribution is -2.31. The van der Waals surface area contributed by atoms with Crippen molar-refractivity contribution >= 4 is 0 Å². The van der Waals surface area contributed by atoms with Gasteiger partial charge in [-0.25, -0.2) is 0 Å². The second kappa shape index (κ2) is 10.7. The lowest BCUT2D eigenvalue weighted by molar-refractivity contribution is 0.277. The van der Waals surface area contributed by atoms with Gasteiger partial charge in [-0.2, -0.15) is 0 Å². The molecule has 2 heteroatoms. The van der Waals surface area contributed by atoms with E-state index in [2.05, 4.69) is 51.2 Å². The molecule has 0 heterocycles. The van der Waals surface area contributed by atoms with Gasteiger partial charge in [0, 0.05) is 6.04 Å². The largest absolute Gasteiger partial charge is 0.494 e. The molecule has 21 heavy (non-hydrogen) atoms. The summed E-state index contributed by atoms with van der Waals surface area (Å²) in [5.41, 5.74) is 1.25. The van der Waals surface area contributed by atoms with E-state index in [4.69, 9.17) is 4.74 Å². The third-order valence-electron chi connectivity index (χ3n) is 3.74. The zero-order chi connectivity index (χ0) is 15.5. The first-order chi connectivity index (χ1) is 10.1. The average Bonchev–Trinajstić information content (AvgIpc) is 2.44. The van der Waals surface area contributed by atoms with Crippen molar-refractivity contribution in [2.24, 2.45) is 5.92 Å². The van der Waals surface area contributed by atoms with Crippen molar-refractivity contribution in [3.63, 3.8) is 0 Å². The molecule has 2 nitrogen and oxygen atoms in total. The SMILES string of the molecule is CCCNC(CCCC(C)C)CCOc1cccc(C)c1. The highest BCUT2D eigenvalue weighted by molar-refractivity contribution is 5.27. The van der Waals surface area contributed by atoms with Crippen LogP contribution in [0.3, 0.4) is 0 Å². The molecule has 1 aromatic carbocycles. The topological polar surface area (TPSA) is 21.3 Å². The highest BCUT2D eigenvalue weighted by atomic mass is 16.5. The summed E-state index contributed by atoms with van der Waals surface area (Å²) in [5, 5.41) is 3.66. The number of nitrogens with one attached hydrogen (secondary N) is 1. The second-order valence-electron chi connectivity index (χ2n) is 6.43. The minimum Gasteiger partial charge on any atom is -0.494 e. The molecule has 0 spiro atoms. The summed E-state index contributed by atoms with van der Waals surface area (Å²) in [6, 6.07) is 8.89. The van der Waals surface area contributed by atoms with Crippen molar-refractivity contribution in [2.45, 2.75) is 65.8 Å². The minimum atomic E-state index is 0.591. The maximum Gasteiger partial charge on any atom is 0.119 e. The van der Waals surface area contributed by atoms with Gasteiger partial charge in [-0.15, -0.1) is 0 Å². The van der Waals surface area contributed by atoms with Crippen LogP contribution in [0.5, 0.6) is 5.75 Å². The molecule has 0 saturated carbocycles. The predicted molar refractivity (Wildman–Crippen MR) is 92.1 cm³/mol. The Labute approximate surface area is 131 Å². The van der Waals surface area contributed by atoms with E-state index in [0.29, 0.717) is 6.04 Å². The fraction of sp³-hybridized carbons (Fsp3) is 0.684. The van der Waals surface area contributed by atoms with Crippen molar-refractivity contribution in [2.75, 3.05) is 13.2 Å². The Morgan fingerprint density at radius 3 is 2.62 bits per heavy atom. The Bertz CT molecular complexity index is 376. The molecule has 0 fully saturated rings. The molecule has 1 aromatic rings. The van der Waals surface area contributed by atoms with Crippen LogP contribution in [0, 0.1) is 12.8 Å². The van der Waals surface area contributed by atoms with Gasteiger partial charge < -0.3 is 10.1 Å². The molecule has 0 amide bonds. The van der Waals surface area contributed by atoms with E-state index in [9.17, 15) is 0 Å². The number of hydrogen-bond acceptors (Lipinski definition) is 2. The third kappa shape index (κ3) is 8.77. The standard InChI is InChI=1S/C19H33NO/c1-5-13-20-18(10-6-8-16(2)3)12-14-21-19-11-7-9-17(4)15-19/h7,9,11,15-16,18,20H,5-6,8,10,12-14H2,1-4H3. The van der Waals surface area contributed by atoms with E-state index >= 15 is 0 Å². The first-order valence-corrected chi connectivity index (χ1v) is 8.54. The van der Waals surface area contributed by atoms with Crippen molar-refractivity contribution in [1.82, 2.24) is 5.32 Å². The first kappa shape index (κ1) is 18.0. The Hall–Kier alpha value is -1.02. The van der Waals surface area contributed by atoms with Crippen LogP contribution >= 0.6 is 0 Å². The normalized spacial score (nSPS) is 12.6. The lowest BCUT2D eigenvalue weighted by atomic mass is 10.0. The van der Waals surface area contributed by atoms with Crippen LogP contribution in [0.1, 0.15) is 58.4 Å². The van der Waals surface area contributed by atoms with Gasteiger partial charge in [0.2, 0.25) is 0 Å². The molecular formula is C19H33NO. The van der Waals surface area contributed by atoms with E-state index < -0.39 is 0 Å². The number of ether oxygens (including phenoxy) is 1. The van der Waals surface area contributed by atoms with Gasteiger partial charge in [-0.3, -0.25) is 0 Å². The number of benzene rings is 1. The molecule has 0 aliphatic rings. The molecule has 0 radical (unpaired) electrons. The van der Waals surface area contributed by atoms with Crippen molar-refractivity contribution in [1.29, 1.82) is 0 Å². The summed E-state index contributed by atoms with van der Waals surface area (Å²) in [5.74, 6) is 1.80. The summed E-state index contributed by atoms with van der Waals surface area (Å²) in [4.78, 5) is 0. The second-order valence-corrected chi connectivity index (χ2v) is 6.43. The van der Waals surface area contributed by atoms with Gasteiger partial charge in [0.1, 0.15) is 5.75 Å². The van der Waals surface area contributed by atoms with Crippen LogP contribution in [0.4, 0.5) is 0 Å². The van der Waals surface area contributed by atoms with Crippen molar-refractivity contribution in [3.05, 3.63) is 29.8 Å². The number of rotatable bonds is 11. The molecule has 0 aliphatic carbocycles. The molecule has 0 saturated heterocycles. The quantitative estimate of drug-likeness (QED) is 0.622. The van der Waals surface area contributed by atoms with Gasteiger partial charge >= 0.3 is 0 Å². The molecule has 1 rings (SSSR count). The van der Waals surface area contributed by atoms with Gasteiger partial charge in [-0.1, -0.05) is 45.7 Å². The monoisotopic (exact) mass is 291 g/mol. The Morgan fingerprint density at radius 2 is 1.95 bits per heavy atom. The number of aryl methyl sites for hydroxylation is 1. The Morgan fingerprint density at radius 1 is 1.14 bits per heavy atom. The summed E-state index contributed by atoms with van der Waals surface area (Å²) in [6.07, 6.45) is 6.17. The predicted octanol–water partition coefficient (Wildman–Crippen LogP) is 4.96. The fourth-order valence-electron chi connectivity index (χ4n) is 2.49.